The molecule has 0 aromatic heterocycles. The van der Waals surface area contributed by atoms with Crippen LogP contribution in [0.2, 0.25) is 5.02 Å². The molecule has 1 fully saturated rings. The molecule has 0 radical (unpaired) electrons. The molecule has 1 aromatic carbocycles. The molecule has 0 saturated carbocycles. The SMILES string of the molecule is O=C(Cc1cccc(Cl)c1)NCC(=O)N1CCCC1. The number of nitrogens with one attached hydrogen (secondary N) is 1. The standard InChI is InChI=1S/C14H17ClN2O2/c15-12-5-3-4-11(8-12)9-13(18)16-10-14(19)17-6-1-2-7-17/h3-5,8H,1-2,6-7,9-10H2,(H,16,18). The van der Waals surface area contributed by atoms with E-state index in [0.717, 1.165) is 31.5 Å². The van der Waals surface area contributed by atoms with Crippen molar-refractivity contribution >= 4 is 23.4 Å². The fourth-order valence-corrected chi connectivity index (χ4v) is 2.36. The molecule has 0 bridgehead atoms. The zero-order valence-electron chi connectivity index (χ0n) is 10.7. The van der Waals surface area contributed by atoms with Crippen LogP contribution >= 0.6 is 11.6 Å². The molecule has 2 rings (SSSR count). The Kier molecular flexibility index (Phi) is 4.80. The van der Waals surface area contributed by atoms with Crippen molar-refractivity contribution in [3.05, 3.63) is 34.9 Å². The molecule has 19 heavy (non-hydrogen) atoms. The van der Waals surface area contributed by atoms with E-state index in [-0.39, 0.29) is 24.8 Å². The Balaban J connectivity index is 1.76. The van der Waals surface area contributed by atoms with Crippen LogP contribution < -0.4 is 5.32 Å². The molecule has 1 aliphatic heterocycles. The summed E-state index contributed by atoms with van der Waals surface area (Å²) in [5.41, 5.74) is 0.846. The summed E-state index contributed by atoms with van der Waals surface area (Å²) in [6.45, 7) is 1.70. The van der Waals surface area contributed by atoms with Gasteiger partial charge in [-0.2, -0.15) is 0 Å². The van der Waals surface area contributed by atoms with Gasteiger partial charge in [0.05, 0.1) is 13.0 Å². The lowest BCUT2D eigenvalue weighted by molar-refractivity contribution is -0.131. The topological polar surface area (TPSA) is 49.4 Å². The second kappa shape index (κ2) is 6.57. The monoisotopic (exact) mass is 280 g/mol. The van der Waals surface area contributed by atoms with E-state index >= 15 is 0 Å². The lowest BCUT2D eigenvalue weighted by atomic mass is 10.1. The number of benzene rings is 1. The minimum atomic E-state index is -0.158. The number of rotatable bonds is 4. The highest BCUT2D eigenvalue weighted by molar-refractivity contribution is 6.30. The number of carbonyl (C=O) groups excluding carboxylic acids is 2. The van der Waals surface area contributed by atoms with E-state index in [1.165, 1.54) is 0 Å². The van der Waals surface area contributed by atoms with E-state index < -0.39 is 0 Å². The lowest BCUT2D eigenvalue weighted by Crippen LogP contribution is -2.39. The Hall–Kier alpha value is -1.55. The fraction of sp³-hybridized carbons (Fsp3) is 0.429. The summed E-state index contributed by atoms with van der Waals surface area (Å²) in [7, 11) is 0. The summed E-state index contributed by atoms with van der Waals surface area (Å²) < 4.78 is 0. The van der Waals surface area contributed by atoms with Gasteiger partial charge in [0, 0.05) is 18.1 Å². The van der Waals surface area contributed by atoms with Crippen LogP contribution in [0.5, 0.6) is 0 Å². The first-order valence-corrected chi connectivity index (χ1v) is 6.82. The summed E-state index contributed by atoms with van der Waals surface area (Å²) in [5, 5.41) is 3.26. The summed E-state index contributed by atoms with van der Waals surface area (Å²) >= 11 is 5.85. The van der Waals surface area contributed by atoms with Gasteiger partial charge in [0.15, 0.2) is 0 Å². The van der Waals surface area contributed by atoms with Crippen molar-refractivity contribution in [2.75, 3.05) is 19.6 Å². The predicted molar refractivity (Wildman–Crippen MR) is 74.0 cm³/mol. The predicted octanol–water partition coefficient (Wildman–Crippen LogP) is 1.62. The molecule has 102 valence electrons. The van der Waals surface area contributed by atoms with Crippen LogP contribution in [0.15, 0.2) is 24.3 Å². The third kappa shape index (κ3) is 4.24. The van der Waals surface area contributed by atoms with Gasteiger partial charge in [-0.25, -0.2) is 0 Å². The van der Waals surface area contributed by atoms with Gasteiger partial charge < -0.3 is 10.2 Å². The van der Waals surface area contributed by atoms with Crippen molar-refractivity contribution in [2.24, 2.45) is 0 Å². The third-order valence-corrected chi connectivity index (χ3v) is 3.38. The second-order valence-electron chi connectivity index (χ2n) is 4.67. The molecule has 0 atom stereocenters. The van der Waals surface area contributed by atoms with Crippen LogP contribution in [0.1, 0.15) is 18.4 Å². The maximum absolute atomic E-state index is 11.7. The molecule has 1 aromatic rings. The van der Waals surface area contributed by atoms with E-state index in [4.69, 9.17) is 11.6 Å². The highest BCUT2D eigenvalue weighted by Gasteiger charge is 2.18. The van der Waals surface area contributed by atoms with Crippen LogP contribution in [-0.4, -0.2) is 36.3 Å². The Morgan fingerprint density at radius 3 is 2.68 bits per heavy atom. The molecular formula is C14H17ClN2O2. The van der Waals surface area contributed by atoms with E-state index in [9.17, 15) is 9.59 Å². The minimum Gasteiger partial charge on any atom is -0.347 e. The van der Waals surface area contributed by atoms with Crippen LogP contribution in [-0.2, 0) is 16.0 Å². The number of halogens is 1. The highest BCUT2D eigenvalue weighted by atomic mass is 35.5. The summed E-state index contributed by atoms with van der Waals surface area (Å²) in [6.07, 6.45) is 2.36. The van der Waals surface area contributed by atoms with Gasteiger partial charge in [0.2, 0.25) is 11.8 Å². The number of carbonyl (C=O) groups is 2. The lowest BCUT2D eigenvalue weighted by Gasteiger charge is -2.15. The van der Waals surface area contributed by atoms with Gasteiger partial charge >= 0.3 is 0 Å². The van der Waals surface area contributed by atoms with Crippen LogP contribution in [0, 0.1) is 0 Å². The summed E-state index contributed by atoms with van der Waals surface area (Å²) in [4.78, 5) is 25.3. The van der Waals surface area contributed by atoms with Crippen molar-refractivity contribution in [3.8, 4) is 0 Å². The first kappa shape index (κ1) is 13.9. The van der Waals surface area contributed by atoms with Crippen molar-refractivity contribution in [3.63, 3.8) is 0 Å². The molecule has 0 aliphatic carbocycles. The fourth-order valence-electron chi connectivity index (χ4n) is 2.15. The molecule has 1 saturated heterocycles. The van der Waals surface area contributed by atoms with Crippen LogP contribution in [0.3, 0.4) is 0 Å². The van der Waals surface area contributed by atoms with Crippen LogP contribution in [0.25, 0.3) is 0 Å². The van der Waals surface area contributed by atoms with Crippen molar-refractivity contribution in [2.45, 2.75) is 19.3 Å². The molecule has 5 heteroatoms. The van der Waals surface area contributed by atoms with E-state index in [0.29, 0.717) is 5.02 Å². The van der Waals surface area contributed by atoms with E-state index in [2.05, 4.69) is 5.32 Å². The molecule has 2 amide bonds. The first-order valence-electron chi connectivity index (χ1n) is 6.44. The zero-order chi connectivity index (χ0) is 13.7. The molecule has 1 aliphatic rings. The zero-order valence-corrected chi connectivity index (χ0v) is 11.4. The van der Waals surface area contributed by atoms with E-state index in [1.807, 2.05) is 6.07 Å². The second-order valence-corrected chi connectivity index (χ2v) is 5.11. The first-order chi connectivity index (χ1) is 9.15. The number of likely N-dealkylation sites (tertiary alicyclic amines) is 1. The number of nitrogens with zero attached hydrogens (tertiary/aromatic N) is 1. The van der Waals surface area contributed by atoms with Gasteiger partial charge in [-0.1, -0.05) is 23.7 Å². The van der Waals surface area contributed by atoms with Gasteiger partial charge in [0.25, 0.3) is 0 Å². The normalized spacial score (nSPS) is 14.5. The maximum Gasteiger partial charge on any atom is 0.241 e. The third-order valence-electron chi connectivity index (χ3n) is 3.15. The Morgan fingerprint density at radius 1 is 1.26 bits per heavy atom. The molecular weight excluding hydrogens is 264 g/mol. The maximum atomic E-state index is 11.7. The highest BCUT2D eigenvalue weighted by Crippen LogP contribution is 2.11. The Labute approximate surface area is 117 Å². The Bertz CT molecular complexity index is 470. The van der Waals surface area contributed by atoms with Gasteiger partial charge in [-0.05, 0) is 30.5 Å². The van der Waals surface area contributed by atoms with Crippen molar-refractivity contribution in [1.29, 1.82) is 0 Å². The quantitative estimate of drug-likeness (QED) is 0.911. The van der Waals surface area contributed by atoms with Gasteiger partial charge in [0.1, 0.15) is 0 Å². The summed E-state index contributed by atoms with van der Waals surface area (Å²) in [6, 6.07) is 7.16. The smallest absolute Gasteiger partial charge is 0.241 e. The molecule has 4 nitrogen and oxygen atoms in total. The average Bonchev–Trinajstić information content (AvgIpc) is 2.90. The number of hydrogen-bond donors (Lipinski definition) is 1. The molecule has 1 N–H and O–H groups in total. The largest absolute Gasteiger partial charge is 0.347 e. The number of amides is 2. The minimum absolute atomic E-state index is 0.00283. The summed E-state index contributed by atoms with van der Waals surface area (Å²) in [5.74, 6) is -0.160. The molecule has 0 unspecified atom stereocenters. The van der Waals surface area contributed by atoms with E-state index in [1.54, 1.807) is 23.1 Å². The molecule has 0 spiro atoms. The Morgan fingerprint density at radius 2 is 2.00 bits per heavy atom. The molecule has 1 heterocycles. The van der Waals surface area contributed by atoms with Gasteiger partial charge in [-0.15, -0.1) is 0 Å². The number of hydrogen-bond acceptors (Lipinski definition) is 2. The average molecular weight is 281 g/mol. The van der Waals surface area contributed by atoms with Crippen molar-refractivity contribution < 1.29 is 9.59 Å². The van der Waals surface area contributed by atoms with Crippen molar-refractivity contribution in [1.82, 2.24) is 10.2 Å². The van der Waals surface area contributed by atoms with Crippen LogP contribution in [0.4, 0.5) is 0 Å². The van der Waals surface area contributed by atoms with Gasteiger partial charge in [-0.3, -0.25) is 9.59 Å².